The van der Waals surface area contributed by atoms with Crippen LogP contribution in [0, 0.1) is 6.92 Å². The fourth-order valence-corrected chi connectivity index (χ4v) is 6.29. The van der Waals surface area contributed by atoms with E-state index in [9.17, 15) is 13.2 Å². The summed E-state index contributed by atoms with van der Waals surface area (Å²) in [6.07, 6.45) is 8.05. The van der Waals surface area contributed by atoms with Crippen LogP contribution in [-0.2, 0) is 10.0 Å². The van der Waals surface area contributed by atoms with Crippen molar-refractivity contribution in [2.75, 3.05) is 51.2 Å². The van der Waals surface area contributed by atoms with Gasteiger partial charge in [-0.05, 0) is 70.4 Å². The number of halogens is 1. The van der Waals surface area contributed by atoms with Gasteiger partial charge >= 0.3 is 0 Å². The van der Waals surface area contributed by atoms with Crippen molar-refractivity contribution in [2.24, 2.45) is 0 Å². The number of sulfonamides is 1. The molecule has 0 radical (unpaired) electrons. The van der Waals surface area contributed by atoms with Crippen LogP contribution in [0.2, 0.25) is 5.02 Å². The number of benzene rings is 1. The maximum atomic E-state index is 13.1. The number of ether oxygens (including phenoxy) is 1. The number of likely N-dealkylation sites (N-methyl/N-ethyl adjacent to an activating group) is 1. The molecule has 0 spiro atoms. The molecule has 1 saturated carbocycles. The normalized spacial score (nSPS) is 20.8. The summed E-state index contributed by atoms with van der Waals surface area (Å²) in [5, 5.41) is 10.1. The predicted molar refractivity (Wildman–Crippen MR) is 158 cm³/mol. The molecule has 13 heteroatoms. The lowest BCUT2D eigenvalue weighted by Crippen LogP contribution is -2.49. The molecule has 1 saturated heterocycles. The highest BCUT2D eigenvalue weighted by molar-refractivity contribution is 7.88. The first-order chi connectivity index (χ1) is 19.0. The number of hydrogen-bond acceptors (Lipinski definition) is 9. The Morgan fingerprint density at radius 3 is 2.55 bits per heavy atom. The minimum Gasteiger partial charge on any atom is -0.495 e. The smallest absolute Gasteiger partial charge is 0.251 e. The minimum absolute atomic E-state index is 0.118. The summed E-state index contributed by atoms with van der Waals surface area (Å²) in [5.74, 6) is 1.07. The molecule has 2 fully saturated rings. The largest absolute Gasteiger partial charge is 0.495 e. The summed E-state index contributed by atoms with van der Waals surface area (Å²) >= 11 is 6.44. The van der Waals surface area contributed by atoms with E-state index in [-0.39, 0.29) is 30.0 Å². The Hall–Kier alpha value is -2.67. The molecule has 1 aliphatic carbocycles. The summed E-state index contributed by atoms with van der Waals surface area (Å²) < 4.78 is 31.5. The van der Waals surface area contributed by atoms with Crippen LogP contribution < -0.4 is 20.7 Å². The van der Waals surface area contributed by atoms with Crippen LogP contribution in [0.15, 0.2) is 18.3 Å². The number of methoxy groups -OCH3 is 1. The van der Waals surface area contributed by atoms with Crippen molar-refractivity contribution in [3.8, 4) is 5.75 Å². The van der Waals surface area contributed by atoms with Gasteiger partial charge in [-0.25, -0.2) is 17.7 Å². The van der Waals surface area contributed by atoms with Crippen molar-refractivity contribution in [3.05, 3.63) is 34.5 Å². The van der Waals surface area contributed by atoms with E-state index in [4.69, 9.17) is 16.3 Å². The van der Waals surface area contributed by atoms with Gasteiger partial charge in [0.1, 0.15) is 10.8 Å². The van der Waals surface area contributed by atoms with Crippen molar-refractivity contribution < 1.29 is 17.9 Å². The number of aromatic nitrogens is 2. The number of anilines is 3. The number of piperidine rings is 1. The summed E-state index contributed by atoms with van der Waals surface area (Å²) in [6.45, 7) is 3.80. The highest BCUT2D eigenvalue weighted by atomic mass is 35.5. The second-order valence-corrected chi connectivity index (χ2v) is 13.3. The average Bonchev–Trinajstić information content (AvgIpc) is 2.91. The third kappa shape index (κ3) is 7.34. The zero-order valence-corrected chi connectivity index (χ0v) is 25.4. The second kappa shape index (κ2) is 12.9. The van der Waals surface area contributed by atoms with Gasteiger partial charge in [-0.3, -0.25) is 4.79 Å². The van der Waals surface area contributed by atoms with Gasteiger partial charge in [0.15, 0.2) is 5.82 Å². The molecule has 220 valence electrons. The lowest BCUT2D eigenvalue weighted by atomic mass is 9.90. The van der Waals surface area contributed by atoms with Gasteiger partial charge in [-0.2, -0.15) is 4.98 Å². The molecule has 2 atom stereocenters. The number of nitrogens with one attached hydrogen (secondary N) is 3. The quantitative estimate of drug-likeness (QED) is 0.399. The fraction of sp³-hybridized carbons (Fsp3) is 0.593. The molecule has 1 aromatic carbocycles. The summed E-state index contributed by atoms with van der Waals surface area (Å²) in [6, 6.07) is 3.37. The first-order valence-electron chi connectivity index (χ1n) is 13.6. The number of rotatable bonds is 9. The number of likely N-dealkylation sites (tertiary alicyclic amines) is 1. The van der Waals surface area contributed by atoms with Crippen molar-refractivity contribution in [1.82, 2.24) is 24.5 Å². The van der Waals surface area contributed by atoms with Gasteiger partial charge in [0.25, 0.3) is 5.91 Å². The number of hydrogen-bond donors (Lipinski definition) is 3. The third-order valence-corrected chi connectivity index (χ3v) is 9.47. The first kappa shape index (κ1) is 30.3. The Morgan fingerprint density at radius 2 is 1.88 bits per heavy atom. The van der Waals surface area contributed by atoms with Crippen LogP contribution >= 0.6 is 11.6 Å². The molecular weight excluding hydrogens is 554 g/mol. The molecule has 4 rings (SSSR count). The minimum atomic E-state index is -3.35. The summed E-state index contributed by atoms with van der Waals surface area (Å²) in [4.78, 5) is 24.3. The SMILES string of the molecule is COc1cc(C(=O)NC2CCN(C)CC2)c(C)cc1Nc1ncc(Cl)c(N[C@@H]2CCCC[C@H]2N(C)S(C)(=O)=O)n1. The Kier molecular flexibility index (Phi) is 9.76. The molecule has 0 bridgehead atoms. The maximum Gasteiger partial charge on any atom is 0.251 e. The molecular formula is C27H40ClN7O4S. The Morgan fingerprint density at radius 1 is 1.18 bits per heavy atom. The van der Waals surface area contributed by atoms with E-state index in [1.807, 2.05) is 13.0 Å². The van der Waals surface area contributed by atoms with E-state index in [1.54, 1.807) is 20.2 Å². The Balaban J connectivity index is 1.51. The fourth-order valence-electron chi connectivity index (χ4n) is 5.40. The molecule has 3 N–H and O–H groups in total. The molecule has 11 nitrogen and oxygen atoms in total. The summed E-state index contributed by atoms with van der Waals surface area (Å²) in [7, 11) is 1.90. The lowest BCUT2D eigenvalue weighted by Gasteiger charge is -2.37. The monoisotopic (exact) mass is 593 g/mol. The van der Waals surface area contributed by atoms with Gasteiger partial charge in [0.2, 0.25) is 16.0 Å². The molecule has 2 heterocycles. The van der Waals surface area contributed by atoms with Crippen LogP contribution in [0.25, 0.3) is 0 Å². The average molecular weight is 594 g/mol. The van der Waals surface area contributed by atoms with Gasteiger partial charge in [-0.1, -0.05) is 24.4 Å². The summed E-state index contributed by atoms with van der Waals surface area (Å²) in [5.41, 5.74) is 1.95. The standard InChI is InChI=1S/C27H40ClN7O4S/c1-17-14-22(24(39-4)15-19(17)26(36)30-18-10-12-34(2)13-11-18)32-27-29-16-20(28)25(33-27)31-21-8-6-7-9-23(21)35(3)40(5,37)38/h14-16,18,21,23H,6-13H2,1-5H3,(H,30,36)(H2,29,31,32,33)/t21-,23-/m1/s1. The van der Waals surface area contributed by atoms with Crippen molar-refractivity contribution in [1.29, 1.82) is 0 Å². The molecule has 0 unspecified atom stereocenters. The van der Waals surface area contributed by atoms with Crippen LogP contribution in [0.4, 0.5) is 17.5 Å². The predicted octanol–water partition coefficient (Wildman–Crippen LogP) is 3.63. The number of amides is 1. The topological polar surface area (TPSA) is 129 Å². The first-order valence-corrected chi connectivity index (χ1v) is 15.9. The molecule has 2 aliphatic rings. The van der Waals surface area contributed by atoms with Gasteiger partial charge in [0.05, 0.1) is 25.2 Å². The Labute approximate surface area is 242 Å². The number of nitrogens with zero attached hydrogens (tertiary/aromatic N) is 4. The number of carbonyl (C=O) groups excluding carboxylic acids is 1. The molecule has 40 heavy (non-hydrogen) atoms. The molecule has 1 aliphatic heterocycles. The van der Waals surface area contributed by atoms with Crippen LogP contribution in [0.3, 0.4) is 0 Å². The molecule has 1 aromatic heterocycles. The highest BCUT2D eigenvalue weighted by Gasteiger charge is 2.33. The van der Waals surface area contributed by atoms with E-state index < -0.39 is 10.0 Å². The number of aryl methyl sites for hydroxylation is 1. The van der Waals surface area contributed by atoms with Crippen molar-refractivity contribution >= 4 is 45.0 Å². The van der Waals surface area contributed by atoms with Gasteiger partial charge in [-0.15, -0.1) is 0 Å². The second-order valence-electron chi connectivity index (χ2n) is 10.8. The van der Waals surface area contributed by atoms with E-state index >= 15 is 0 Å². The van der Waals surface area contributed by atoms with E-state index in [1.165, 1.54) is 16.8 Å². The maximum absolute atomic E-state index is 13.1. The zero-order valence-electron chi connectivity index (χ0n) is 23.8. The third-order valence-electron chi connectivity index (χ3n) is 7.88. The van der Waals surface area contributed by atoms with Crippen molar-refractivity contribution in [2.45, 2.75) is 63.6 Å². The van der Waals surface area contributed by atoms with Crippen LogP contribution in [-0.4, -0.2) is 92.2 Å². The van der Waals surface area contributed by atoms with E-state index in [0.29, 0.717) is 27.8 Å². The zero-order chi connectivity index (χ0) is 29.0. The lowest BCUT2D eigenvalue weighted by molar-refractivity contribution is 0.0916. The van der Waals surface area contributed by atoms with Crippen LogP contribution in [0.1, 0.15) is 54.4 Å². The van der Waals surface area contributed by atoms with Gasteiger partial charge < -0.3 is 25.6 Å². The van der Waals surface area contributed by atoms with Crippen LogP contribution in [0.5, 0.6) is 5.75 Å². The van der Waals surface area contributed by atoms with Crippen molar-refractivity contribution in [3.63, 3.8) is 0 Å². The highest BCUT2D eigenvalue weighted by Crippen LogP contribution is 2.33. The number of carbonyl (C=O) groups is 1. The van der Waals surface area contributed by atoms with Gasteiger partial charge in [0, 0.05) is 30.7 Å². The molecule has 1 amide bonds. The van der Waals surface area contributed by atoms with E-state index in [0.717, 1.165) is 57.2 Å². The molecule has 2 aromatic rings. The van der Waals surface area contributed by atoms with E-state index in [2.05, 4.69) is 37.9 Å². The Bertz CT molecular complexity index is 1320.